The molecule has 0 spiro atoms. The van der Waals surface area contributed by atoms with Crippen molar-refractivity contribution in [3.8, 4) is 0 Å². The van der Waals surface area contributed by atoms with Crippen molar-refractivity contribution >= 4 is 12.2 Å². The molecule has 0 aliphatic rings. The third-order valence-electron chi connectivity index (χ3n) is 0.693. The number of aromatic amines is 1. The van der Waals surface area contributed by atoms with Crippen molar-refractivity contribution in [1.29, 1.82) is 0 Å². The number of aromatic nitrogens is 1. The van der Waals surface area contributed by atoms with Crippen LogP contribution < -0.4 is 0 Å². The van der Waals surface area contributed by atoms with Crippen LogP contribution in [0.3, 0.4) is 0 Å². The van der Waals surface area contributed by atoms with Crippen LogP contribution in [0.25, 0.3) is 0 Å². The first kappa shape index (κ1) is 9.31. The van der Waals surface area contributed by atoms with Crippen molar-refractivity contribution in [2.24, 2.45) is 0 Å². The number of hydrogen-bond acceptors (Lipinski definition) is 0. The Morgan fingerprint density at radius 2 is 2.11 bits per heavy atom. The first-order valence-electron chi connectivity index (χ1n) is 2.76. The smallest absolute Gasteiger partial charge is 0.292 e. The van der Waals surface area contributed by atoms with Gasteiger partial charge in [0.05, 0.1) is 0 Å². The van der Waals surface area contributed by atoms with Gasteiger partial charge in [0.2, 0.25) is 0 Å². The van der Waals surface area contributed by atoms with Crippen LogP contribution in [0.15, 0.2) is 24.4 Å². The minimum atomic E-state index is 0.891. The van der Waals surface area contributed by atoms with Crippen LogP contribution in [0.2, 0.25) is 4.43 Å². The van der Waals surface area contributed by atoms with Crippen LogP contribution in [-0.4, -0.2) is 4.98 Å². The number of thiol groups is 1. The molecule has 0 saturated heterocycles. The predicted octanol–water partition coefficient (Wildman–Crippen LogP) is 1.41. The Balaban J connectivity index is 0.000000291. The second-order valence-corrected chi connectivity index (χ2v) is 1.73. The third-order valence-corrected chi connectivity index (χ3v) is 0.971. The number of H-pyrrole nitrogens is 1. The van der Waals surface area contributed by atoms with Gasteiger partial charge in [-0.15, -0.1) is 0 Å². The Labute approximate surface area is 76.5 Å². The van der Waals surface area contributed by atoms with Crippen LogP contribution in [0.1, 0.15) is 0 Å². The fraction of sp³-hybridized carbons (Fsp3) is 0.167. The average Bonchev–Trinajstić information content (AvgIpc) is 1.94. The van der Waals surface area contributed by atoms with Crippen molar-refractivity contribution < 1.29 is 26.1 Å². The second-order valence-electron chi connectivity index (χ2n) is 1.25. The van der Waals surface area contributed by atoms with Crippen LogP contribution in [0, 0.1) is 4.64 Å². The Kier molecular flexibility index (Phi) is 6.64. The van der Waals surface area contributed by atoms with Gasteiger partial charge in [-0.25, -0.2) is 0 Å². The van der Waals surface area contributed by atoms with Gasteiger partial charge < -0.3 is 4.98 Å². The Hall–Kier alpha value is 0.305. The van der Waals surface area contributed by atoms with E-state index in [4.69, 9.17) is 0 Å². The molecule has 1 aromatic heterocycles. The molecule has 1 rings (SSSR count). The van der Waals surface area contributed by atoms with E-state index in [9.17, 15) is 0 Å². The van der Waals surface area contributed by atoms with E-state index in [0.29, 0.717) is 0 Å². The Bertz CT molecular complexity index is 179. The molecule has 0 fully saturated rings. The molecule has 0 saturated carbocycles. The van der Waals surface area contributed by atoms with Crippen molar-refractivity contribution in [2.75, 3.05) is 0 Å². The van der Waals surface area contributed by atoms with Crippen LogP contribution >= 0.6 is 0 Å². The summed E-state index contributed by atoms with van der Waals surface area (Å²) in [5.41, 5.74) is 0. The van der Waals surface area contributed by atoms with Crippen molar-refractivity contribution in [2.45, 2.75) is 4.43 Å². The van der Waals surface area contributed by atoms with Gasteiger partial charge in [-0.1, -0.05) is 6.07 Å². The molecule has 0 amide bonds. The fourth-order valence-corrected chi connectivity index (χ4v) is 0.544. The molecule has 9 heavy (non-hydrogen) atoms. The summed E-state index contributed by atoms with van der Waals surface area (Å²) < 4.78 is 3.09. The van der Waals surface area contributed by atoms with Crippen molar-refractivity contribution in [1.82, 2.24) is 4.98 Å². The molecule has 45 valence electrons. The topological polar surface area (TPSA) is 15.8 Å². The quantitative estimate of drug-likeness (QED) is 0.321. The van der Waals surface area contributed by atoms with Crippen LogP contribution in [0.5, 0.6) is 0 Å². The molecular weight excluding hydrogens is 319 g/mol. The molecule has 0 atom stereocenters. The number of hydrogen-bond donors (Lipinski definition) is 1. The van der Waals surface area contributed by atoms with Gasteiger partial charge in [0.1, 0.15) is 0 Å². The molecule has 3 heteroatoms. The predicted molar refractivity (Wildman–Crippen MR) is 38.7 cm³/mol. The van der Waals surface area contributed by atoms with E-state index in [-0.39, 0.29) is 0 Å². The van der Waals surface area contributed by atoms with E-state index in [0.717, 1.165) is 30.8 Å². The maximum Gasteiger partial charge on any atom is 0.292 e. The largest absolute Gasteiger partial charge is 0.315 e. The molecule has 0 unspecified atom stereocenters. The molecule has 1 nitrogen and oxygen atoms in total. The summed E-state index contributed by atoms with van der Waals surface area (Å²) in [5, 5.41) is 0. The minimum Gasteiger partial charge on any atom is -0.315 e. The standard InChI is InChI=1S/C5H5NS.CH3.Hg/c7-5-3-1-2-4-6-5;;/h1-4H,(H,6,7);1H3;/p+1. The number of pyridine rings is 1. The Morgan fingerprint density at radius 1 is 1.44 bits per heavy atom. The first-order valence-corrected chi connectivity index (χ1v) is 8.70. The average molecular weight is 328 g/mol. The Morgan fingerprint density at radius 3 is 2.33 bits per heavy atom. The summed E-state index contributed by atoms with van der Waals surface area (Å²) in [5.74, 6) is 0. The van der Waals surface area contributed by atoms with E-state index in [2.05, 4.69) is 21.6 Å². The van der Waals surface area contributed by atoms with Gasteiger partial charge >= 0.3 is 30.6 Å². The maximum atomic E-state index is 4.03. The van der Waals surface area contributed by atoms with Gasteiger partial charge in [0, 0.05) is 12.3 Å². The first-order chi connectivity index (χ1) is 4.39. The summed E-state index contributed by atoms with van der Waals surface area (Å²) in [6.07, 6.45) is 1.84. The van der Waals surface area contributed by atoms with Crippen molar-refractivity contribution in [3.63, 3.8) is 0 Å². The van der Waals surface area contributed by atoms with E-state index >= 15 is 0 Å². The molecule has 0 bridgehead atoms. The van der Waals surface area contributed by atoms with Gasteiger partial charge in [-0.3, -0.25) is 0 Å². The summed E-state index contributed by atoms with van der Waals surface area (Å²) in [4.78, 5) is 2.90. The van der Waals surface area contributed by atoms with Gasteiger partial charge in [-0.05, 0) is 6.07 Å². The molecule has 0 radical (unpaired) electrons. The summed E-state index contributed by atoms with van der Waals surface area (Å²) in [6, 6.07) is 5.74. The van der Waals surface area contributed by atoms with Crippen LogP contribution in [-0.2, 0) is 38.3 Å². The summed E-state index contributed by atoms with van der Waals surface area (Å²) in [6.45, 7) is 0. The summed E-state index contributed by atoms with van der Waals surface area (Å²) >= 11 is 5.06. The van der Waals surface area contributed by atoms with Crippen molar-refractivity contribution in [3.05, 3.63) is 29.0 Å². The van der Waals surface area contributed by atoms with E-state index in [1.807, 2.05) is 24.4 Å². The molecule has 1 aromatic rings. The van der Waals surface area contributed by atoms with Gasteiger partial charge in [0.25, 0.3) is 4.64 Å². The molecule has 0 aliphatic carbocycles. The van der Waals surface area contributed by atoms with E-state index in [1.165, 1.54) is 0 Å². The van der Waals surface area contributed by atoms with Crippen LogP contribution in [0.4, 0.5) is 0 Å². The SMILES string of the molecule is [CH3][Hg].[SH+]=c1cccc[nH]1. The number of rotatable bonds is 0. The minimum absolute atomic E-state index is 0.891. The molecule has 1 N–H and O–H groups in total. The van der Waals surface area contributed by atoms with Gasteiger partial charge in [-0.2, -0.15) is 0 Å². The maximum absolute atomic E-state index is 4.03. The zero-order valence-corrected chi connectivity index (χ0v) is 11.9. The molecular formula is C6H9HgNS+. The monoisotopic (exact) mass is 329 g/mol. The normalized spacial score (nSPS) is 7.44. The second kappa shape index (κ2) is 6.43. The molecule has 0 aliphatic heterocycles. The zero-order chi connectivity index (χ0) is 7.11. The summed E-state index contributed by atoms with van der Waals surface area (Å²) in [7, 11) is 0. The number of nitrogens with one attached hydrogen (secondary N) is 1. The zero-order valence-electron chi connectivity index (χ0n) is 5.46. The molecule has 1 heterocycles. The third kappa shape index (κ3) is 4.79. The fourth-order valence-electron chi connectivity index (χ4n) is 0.384. The van der Waals surface area contributed by atoms with E-state index in [1.54, 1.807) is 0 Å². The molecule has 0 aromatic carbocycles. The van der Waals surface area contributed by atoms with Gasteiger partial charge in [0.15, 0.2) is 12.2 Å². The van der Waals surface area contributed by atoms with E-state index < -0.39 is 0 Å².